The number of aryl methyl sites for hydroxylation is 6. The second kappa shape index (κ2) is 34.4. The molecule has 0 fully saturated rings. The number of hydrogen-bond donors (Lipinski definition) is 2. The molecule has 18 aromatic rings. The fourth-order valence-corrected chi connectivity index (χ4v) is 17.8. The Kier molecular flexibility index (Phi) is 22.8. The van der Waals surface area contributed by atoms with Crippen LogP contribution in [0.5, 0.6) is 34.5 Å². The average molecular weight is 1810 g/mol. The van der Waals surface area contributed by atoms with E-state index in [0.29, 0.717) is 80.5 Å². The van der Waals surface area contributed by atoms with E-state index in [0.717, 1.165) is 69.8 Å². The highest BCUT2D eigenvalue weighted by molar-refractivity contribution is 6.10. The molecular formula is C94H68IN7O24. The molecule has 2 aliphatic rings. The number of carbonyl (C=O) groups excluding carboxylic acids is 2. The quantitative estimate of drug-likeness (QED) is 0.0422. The van der Waals surface area contributed by atoms with Crippen LogP contribution in [0.3, 0.4) is 0 Å². The molecule has 0 saturated heterocycles. The summed E-state index contributed by atoms with van der Waals surface area (Å²) in [6, 6.07) is 65.1. The molecule has 126 heavy (non-hydrogen) atoms. The Labute approximate surface area is 716 Å². The van der Waals surface area contributed by atoms with Crippen LogP contribution in [0.15, 0.2) is 294 Å². The number of pyridine rings is 5. The fraction of sp³-hybridized carbons (Fsp3) is 0.128. The summed E-state index contributed by atoms with van der Waals surface area (Å²) in [5, 5.41) is 47.1. The average Bonchev–Trinajstić information content (AvgIpc) is 0.691. The summed E-state index contributed by atoms with van der Waals surface area (Å²) in [7, 11) is 4.56. The van der Waals surface area contributed by atoms with Gasteiger partial charge in [-0.3, -0.25) is 43.4 Å². The SMILES string of the molecule is CC(=O)c1c(O)c2c(=O)n(C)c3ccccc3c2oc1=O.CCn1c(=O)c2c(OC(=O)N(C)C)cc(=O)oc2c2ccccc21.O=c1cc(Oc2ccccc2)c2c(=O)n3c4c(cccc4c2o1)CCC3.O=c1oc2c(c([O-])c1[I+]c1ccccc1)c(=O)n1c3c(cccc23)CCC1.O=c1oc2cc(-c3ccccc3)n(-c3ccccc3)c(=O)c2c(O)c1[N+](=O)[O-]. The van der Waals surface area contributed by atoms with Crippen molar-refractivity contribution in [3.63, 3.8) is 0 Å². The third-order valence-corrected chi connectivity index (χ3v) is 24.0. The first-order chi connectivity index (χ1) is 60.7. The second-order valence-corrected chi connectivity index (χ2v) is 32.0. The zero-order valence-corrected chi connectivity index (χ0v) is 69.4. The van der Waals surface area contributed by atoms with E-state index in [9.17, 15) is 83.0 Å². The minimum absolute atomic E-state index is 0.00628. The number of aromatic hydroxyl groups is 2. The second-order valence-electron chi connectivity index (χ2n) is 29.1. The normalized spacial score (nSPS) is 11.9. The van der Waals surface area contributed by atoms with Gasteiger partial charge in [-0.05, 0) is 135 Å². The summed E-state index contributed by atoms with van der Waals surface area (Å²) >= 11 is -1.02. The highest BCUT2D eigenvalue weighted by Crippen LogP contribution is 2.38. The Balaban J connectivity index is 0.000000116. The maximum Gasteiger partial charge on any atom is 0.419 e. The number of nitro groups is 1. The number of halogens is 1. The third kappa shape index (κ3) is 15.3. The first-order valence-corrected chi connectivity index (χ1v) is 41.2. The topological polar surface area (TPSA) is 424 Å². The molecule has 0 radical (unpaired) electrons. The molecule has 0 unspecified atom stereocenters. The molecule has 2 N–H and O–H groups in total. The largest absolute Gasteiger partial charge is 0.869 e. The van der Waals surface area contributed by atoms with Gasteiger partial charge in [0.05, 0.1) is 50.2 Å². The molecule has 0 aliphatic carbocycles. The predicted octanol–water partition coefficient (Wildman–Crippen LogP) is 10.1. The van der Waals surface area contributed by atoms with Crippen LogP contribution in [0.2, 0.25) is 0 Å². The third-order valence-electron chi connectivity index (χ3n) is 21.2. The molecule has 12 heterocycles. The van der Waals surface area contributed by atoms with Gasteiger partial charge in [0.25, 0.3) is 31.4 Å². The van der Waals surface area contributed by atoms with Crippen molar-refractivity contribution in [2.45, 2.75) is 59.2 Å². The molecule has 0 spiro atoms. The number of aromatic nitrogens is 5. The fourth-order valence-electron chi connectivity index (χ4n) is 15.6. The van der Waals surface area contributed by atoms with Crippen LogP contribution in [0, 0.1) is 17.3 Å². The number of amides is 1. The lowest BCUT2D eigenvalue weighted by Crippen LogP contribution is -3.62. The number of carbonyl (C=O) groups is 2. The van der Waals surface area contributed by atoms with Crippen LogP contribution in [0.1, 0.15) is 48.2 Å². The summed E-state index contributed by atoms with van der Waals surface area (Å²) in [5.74, 6) is -2.06. The van der Waals surface area contributed by atoms with Crippen LogP contribution < -0.4 is 91.7 Å². The van der Waals surface area contributed by atoms with Crippen LogP contribution in [-0.4, -0.2) is 68.8 Å². The number of para-hydroxylation sites is 6. The van der Waals surface area contributed by atoms with E-state index in [4.69, 9.17) is 31.6 Å². The zero-order valence-electron chi connectivity index (χ0n) is 67.2. The highest BCUT2D eigenvalue weighted by atomic mass is 127. The summed E-state index contributed by atoms with van der Waals surface area (Å²) in [6.07, 6.45) is 2.86. The standard InChI is InChI=1S/C21H14INO4.C21H15NO4.C20H12N2O6.C17H16N2O5.C15H11NO5/c24-18-15-19(27-21(26)16(18)22-13-8-2-1-3-9-13)14-10-4-6-12-7-5-11-23(17(12)14)20(15)25;23-17-12-16(25-14-8-2-1-3-9-14)18-20(26-17)15-10-4-6-13-7-5-11-22(19(13)15)21(18)24;23-18-16-15(28-20(25)17(18)22(26)27)11-14(12-7-3-1-4-8-12)21(19(16)24)13-9-5-2-6-10-13;1-4-19-11-8-6-5-7-10(11)15-14(16(19)21)12(9-13(20)24-15)23-17(22)18(2)3;1-7(17)10-12(18)11-13(21-15(10)20)8-5-3-4-6-9(8)16(2)14(11)19/h1-4,6,8-10H,5,7,11H2;1-4,6,8-10,12H,5,7,11H2;1-11,23H;5-9H,4H2,1-3H3;3-6,18H,1-2H3. The molecule has 32 heteroatoms. The van der Waals surface area contributed by atoms with Crippen molar-refractivity contribution >= 4 is 116 Å². The van der Waals surface area contributed by atoms with E-state index in [-0.39, 0.29) is 70.2 Å². The lowest BCUT2D eigenvalue weighted by molar-refractivity contribution is -0.606. The Hall–Kier alpha value is -16.1. The van der Waals surface area contributed by atoms with Crippen LogP contribution in [0.4, 0.5) is 10.5 Å². The molecule has 31 nitrogen and oxygen atoms in total. The van der Waals surface area contributed by atoms with Gasteiger partial charge in [-0.25, -0.2) is 28.8 Å². The molecule has 630 valence electrons. The minimum atomic E-state index is -1.33. The molecule has 20 rings (SSSR count). The number of ketones is 1. The molecular weight excluding hydrogens is 1740 g/mol. The Morgan fingerprint density at radius 2 is 1.02 bits per heavy atom. The van der Waals surface area contributed by atoms with Crippen LogP contribution in [-0.2, 0) is 39.5 Å². The smallest absolute Gasteiger partial charge is 0.419 e. The summed E-state index contributed by atoms with van der Waals surface area (Å²) in [6.45, 7) is 4.61. The van der Waals surface area contributed by atoms with Crippen LogP contribution >= 0.6 is 0 Å². The number of benzene rings is 8. The number of fused-ring (bicyclic) bond motifs is 11. The van der Waals surface area contributed by atoms with E-state index in [1.165, 1.54) is 40.3 Å². The first kappa shape index (κ1) is 83.5. The molecule has 0 atom stereocenters. The molecule has 2 aliphatic heterocycles. The van der Waals surface area contributed by atoms with Crippen molar-refractivity contribution in [1.82, 2.24) is 27.7 Å². The van der Waals surface area contributed by atoms with Crippen molar-refractivity contribution in [1.29, 1.82) is 0 Å². The number of Topliss-reactive ketones (excluding diaryl/α,β-unsaturated/α-hetero) is 1. The van der Waals surface area contributed by atoms with E-state index >= 15 is 0 Å². The minimum Gasteiger partial charge on any atom is -0.869 e. The van der Waals surface area contributed by atoms with Gasteiger partial charge in [0.2, 0.25) is 5.75 Å². The lowest BCUT2D eigenvalue weighted by atomic mass is 10.00. The van der Waals surface area contributed by atoms with Gasteiger partial charge in [0, 0.05) is 74.1 Å². The van der Waals surface area contributed by atoms with Crippen molar-refractivity contribution < 1.29 is 82.6 Å². The van der Waals surface area contributed by atoms with Gasteiger partial charge in [-0.2, -0.15) is 0 Å². The molecule has 0 bridgehead atoms. The maximum atomic E-state index is 13.2. The number of nitrogens with zero attached hydrogens (tertiary/aromatic N) is 7. The lowest BCUT2D eigenvalue weighted by Gasteiger charge is -2.21. The van der Waals surface area contributed by atoms with Crippen molar-refractivity contribution in [2.75, 3.05) is 14.1 Å². The van der Waals surface area contributed by atoms with Crippen LogP contribution in [0.25, 0.3) is 115 Å². The van der Waals surface area contributed by atoms with Crippen molar-refractivity contribution in [2.24, 2.45) is 7.05 Å². The maximum absolute atomic E-state index is 13.2. The van der Waals surface area contributed by atoms with Gasteiger partial charge in [-0.1, -0.05) is 133 Å². The Morgan fingerprint density at radius 3 is 1.60 bits per heavy atom. The number of hydrogen-bond acceptors (Lipinski definition) is 24. The van der Waals surface area contributed by atoms with Gasteiger partial charge in [-0.15, -0.1) is 0 Å². The van der Waals surface area contributed by atoms with Gasteiger partial charge in [0.1, 0.15) is 44.2 Å². The predicted molar refractivity (Wildman–Crippen MR) is 463 cm³/mol. The monoisotopic (exact) mass is 1810 g/mol. The zero-order chi connectivity index (χ0) is 88.8. The summed E-state index contributed by atoms with van der Waals surface area (Å²) < 4.78 is 46.2. The highest BCUT2D eigenvalue weighted by Gasteiger charge is 2.32. The molecule has 10 aromatic heterocycles. The molecule has 8 aromatic carbocycles. The Bertz CT molecular complexity index is 8240. The summed E-state index contributed by atoms with van der Waals surface area (Å²) in [4.78, 5) is 160. The molecule has 1 amide bonds. The molecule has 0 saturated carbocycles. The van der Waals surface area contributed by atoms with E-state index < -0.39 is 111 Å². The van der Waals surface area contributed by atoms with Crippen molar-refractivity contribution in [3.05, 3.63) is 362 Å². The summed E-state index contributed by atoms with van der Waals surface area (Å²) in [5.41, 5.74) is -1.14. The van der Waals surface area contributed by atoms with E-state index in [2.05, 4.69) is 0 Å². The van der Waals surface area contributed by atoms with Gasteiger partial charge >= 0.3 is 61.1 Å². The van der Waals surface area contributed by atoms with E-state index in [1.54, 1.807) is 136 Å². The first-order valence-electron chi connectivity index (χ1n) is 39.1. The Morgan fingerprint density at radius 1 is 0.516 bits per heavy atom. The van der Waals surface area contributed by atoms with E-state index in [1.807, 2.05) is 97.9 Å². The van der Waals surface area contributed by atoms with Crippen molar-refractivity contribution in [3.8, 4) is 51.4 Å². The number of ether oxygens (including phenoxy) is 2. The van der Waals surface area contributed by atoms with Gasteiger partial charge in [0.15, 0.2) is 43.2 Å². The van der Waals surface area contributed by atoms with Gasteiger partial charge < -0.3 is 70.0 Å². The number of rotatable bonds is 10.